The molecule has 1 aromatic heterocycles. The molecule has 1 aliphatic heterocycles. The molecule has 0 spiro atoms. The average Bonchev–Trinajstić information content (AvgIpc) is 3.54. The number of guanidine groups is 1. The number of nitrogens with zero attached hydrogens (tertiary/aromatic N) is 2. The van der Waals surface area contributed by atoms with Crippen molar-refractivity contribution in [3.8, 4) is 0 Å². The van der Waals surface area contributed by atoms with Crippen molar-refractivity contribution in [1.82, 2.24) is 4.98 Å². The number of esters is 2. The van der Waals surface area contributed by atoms with Gasteiger partial charge in [0, 0.05) is 42.1 Å². The van der Waals surface area contributed by atoms with Gasteiger partial charge in [0.15, 0.2) is 11.1 Å². The van der Waals surface area contributed by atoms with Crippen LogP contribution in [0.25, 0.3) is 0 Å². The first-order chi connectivity index (χ1) is 22.1. The minimum Gasteiger partial charge on any atom is -0.480 e. The van der Waals surface area contributed by atoms with Crippen molar-refractivity contribution in [2.75, 3.05) is 11.9 Å². The number of hydrogen-bond donors (Lipinski definition) is 6. The Bertz CT molecular complexity index is 1490. The second-order valence-electron chi connectivity index (χ2n) is 11.9. The van der Waals surface area contributed by atoms with Gasteiger partial charge in [-0.25, -0.2) is 9.78 Å². The molecule has 16 heteroatoms. The van der Waals surface area contributed by atoms with Crippen LogP contribution in [0.5, 0.6) is 0 Å². The number of cyclic esters (lactones) is 1. The Balaban J connectivity index is 0.000000426. The summed E-state index contributed by atoms with van der Waals surface area (Å²) in [5, 5.41) is 22.9. The number of nitrogens with one attached hydrogen (secondary N) is 1. The lowest BCUT2D eigenvalue weighted by Gasteiger charge is -2.54. The van der Waals surface area contributed by atoms with Crippen LogP contribution < -0.4 is 22.5 Å². The van der Waals surface area contributed by atoms with E-state index in [0.717, 1.165) is 0 Å². The fourth-order valence-corrected chi connectivity index (χ4v) is 6.98. The number of carbonyl (C=O) groups is 5. The van der Waals surface area contributed by atoms with Crippen LogP contribution >= 0.6 is 11.3 Å². The molecule has 5 atom stereocenters. The van der Waals surface area contributed by atoms with Gasteiger partial charge < -0.3 is 36.9 Å². The monoisotopic (exact) mass is 674 g/mol. The largest absolute Gasteiger partial charge is 0.480 e. The SMILES string of the molecule is CC(=O)O[C@]12CCC(C(=O)O)=CC[C@]13CC[C@H]2[C@@](C)(/C=C/C=C(\C)C(=O)Nc1nccs1)OC3=O.NC(N)=NCCC[C@H](N)C(=O)O. The molecule has 1 amide bonds. The first-order valence-electron chi connectivity index (χ1n) is 15.0. The highest BCUT2D eigenvalue weighted by Gasteiger charge is 2.74. The van der Waals surface area contributed by atoms with E-state index in [-0.39, 0.29) is 42.6 Å². The predicted octanol–water partition coefficient (Wildman–Crippen LogP) is 2.24. The Morgan fingerprint density at radius 1 is 1.26 bits per heavy atom. The Morgan fingerprint density at radius 3 is 2.57 bits per heavy atom. The maximum atomic E-state index is 13.5. The van der Waals surface area contributed by atoms with Crippen LogP contribution in [-0.2, 0) is 33.4 Å². The van der Waals surface area contributed by atoms with E-state index in [4.69, 9.17) is 31.8 Å². The molecule has 4 rings (SSSR count). The number of carbonyl (C=O) groups excluding carboxylic acids is 3. The number of ether oxygens (including phenoxy) is 2. The summed E-state index contributed by atoms with van der Waals surface area (Å²) in [7, 11) is 0. The van der Waals surface area contributed by atoms with Gasteiger partial charge in [-0.2, -0.15) is 0 Å². The van der Waals surface area contributed by atoms with Crippen LogP contribution in [0, 0.1) is 11.3 Å². The molecule has 9 N–H and O–H groups in total. The summed E-state index contributed by atoms with van der Waals surface area (Å²) in [5.74, 6) is -3.71. The molecule has 0 aromatic carbocycles. The molecule has 2 aliphatic carbocycles. The van der Waals surface area contributed by atoms with Crippen LogP contribution in [0.15, 0.2) is 52.0 Å². The molecule has 256 valence electrons. The molecule has 0 unspecified atom stereocenters. The van der Waals surface area contributed by atoms with Gasteiger partial charge in [0.25, 0.3) is 5.91 Å². The van der Waals surface area contributed by atoms with E-state index in [2.05, 4.69) is 15.3 Å². The normalized spacial score (nSPS) is 27.1. The zero-order valence-corrected chi connectivity index (χ0v) is 27.4. The maximum absolute atomic E-state index is 13.5. The molecule has 1 saturated heterocycles. The van der Waals surface area contributed by atoms with E-state index < -0.39 is 46.5 Å². The van der Waals surface area contributed by atoms with Crippen LogP contribution in [0.4, 0.5) is 5.13 Å². The summed E-state index contributed by atoms with van der Waals surface area (Å²) in [4.78, 5) is 67.7. The van der Waals surface area contributed by atoms with Gasteiger partial charge in [0.05, 0.1) is 0 Å². The minimum absolute atomic E-state index is 0.0129. The van der Waals surface area contributed by atoms with Gasteiger partial charge in [0.2, 0.25) is 0 Å². The molecular formula is C31H42N6O9S. The highest BCUT2D eigenvalue weighted by Crippen LogP contribution is 2.65. The van der Waals surface area contributed by atoms with Gasteiger partial charge in [-0.05, 0) is 64.9 Å². The average molecular weight is 675 g/mol. The first-order valence-corrected chi connectivity index (χ1v) is 15.9. The van der Waals surface area contributed by atoms with Gasteiger partial charge in [-0.15, -0.1) is 11.3 Å². The number of carboxylic acid groups (broad SMARTS) is 2. The summed E-state index contributed by atoms with van der Waals surface area (Å²) >= 11 is 1.31. The number of nitrogens with two attached hydrogens (primary N) is 3. The van der Waals surface area contributed by atoms with Crippen molar-refractivity contribution in [1.29, 1.82) is 0 Å². The fourth-order valence-electron chi connectivity index (χ4n) is 6.46. The van der Waals surface area contributed by atoms with E-state index >= 15 is 0 Å². The number of hydrogen-bond acceptors (Lipinski definition) is 11. The van der Waals surface area contributed by atoms with Crippen molar-refractivity contribution in [2.24, 2.45) is 33.5 Å². The van der Waals surface area contributed by atoms with Gasteiger partial charge in [-0.1, -0.05) is 18.2 Å². The van der Waals surface area contributed by atoms with Crippen molar-refractivity contribution < 1.29 is 43.7 Å². The molecular weight excluding hydrogens is 632 g/mol. The maximum Gasteiger partial charge on any atom is 0.331 e. The zero-order chi connectivity index (χ0) is 35.0. The third kappa shape index (κ3) is 8.43. The van der Waals surface area contributed by atoms with Gasteiger partial charge in [-0.3, -0.25) is 29.5 Å². The lowest BCUT2D eigenvalue weighted by Crippen LogP contribution is -2.65. The fraction of sp³-hybridized carbons (Fsp3) is 0.516. The number of amides is 1. The number of aliphatic imine (C=N–C) groups is 1. The van der Waals surface area contributed by atoms with E-state index in [1.807, 2.05) is 0 Å². The number of anilines is 1. The van der Waals surface area contributed by atoms with E-state index in [0.29, 0.717) is 42.9 Å². The number of allylic oxidation sites excluding steroid dienone is 3. The number of aliphatic carboxylic acids is 2. The van der Waals surface area contributed by atoms with E-state index in [9.17, 15) is 29.1 Å². The molecule has 15 nitrogen and oxygen atoms in total. The van der Waals surface area contributed by atoms with Crippen LogP contribution in [0.3, 0.4) is 0 Å². The summed E-state index contributed by atoms with van der Waals surface area (Å²) in [6.45, 7) is 5.15. The van der Waals surface area contributed by atoms with E-state index in [1.54, 1.807) is 49.7 Å². The topological polar surface area (TPSA) is 260 Å². The Kier molecular flexibility index (Phi) is 12.0. The second kappa shape index (κ2) is 15.3. The van der Waals surface area contributed by atoms with E-state index in [1.165, 1.54) is 18.3 Å². The molecule has 0 radical (unpaired) electrons. The van der Waals surface area contributed by atoms with Gasteiger partial charge in [0.1, 0.15) is 22.7 Å². The Morgan fingerprint density at radius 2 is 1.98 bits per heavy atom. The highest BCUT2D eigenvalue weighted by molar-refractivity contribution is 7.13. The lowest BCUT2D eigenvalue weighted by molar-refractivity contribution is -0.235. The molecule has 47 heavy (non-hydrogen) atoms. The zero-order valence-electron chi connectivity index (χ0n) is 26.6. The Hall–Kier alpha value is -4.57. The summed E-state index contributed by atoms with van der Waals surface area (Å²) in [5.41, 5.74) is 12.6. The van der Waals surface area contributed by atoms with Crippen LogP contribution in [-0.4, -0.2) is 74.7 Å². The number of aromatic nitrogens is 1. The minimum atomic E-state index is -1.18. The smallest absolute Gasteiger partial charge is 0.331 e. The molecule has 2 fully saturated rings. The van der Waals surface area contributed by atoms with Crippen molar-refractivity contribution in [2.45, 2.75) is 83.0 Å². The second-order valence-corrected chi connectivity index (χ2v) is 12.8. The molecule has 3 aliphatic rings. The number of thiazole rings is 1. The lowest BCUT2D eigenvalue weighted by atomic mass is 9.62. The number of rotatable bonds is 11. The van der Waals surface area contributed by atoms with Crippen molar-refractivity contribution >= 4 is 52.2 Å². The van der Waals surface area contributed by atoms with Crippen molar-refractivity contribution in [3.05, 3.63) is 47.0 Å². The first kappa shape index (κ1) is 36.9. The quantitative estimate of drug-likeness (QED) is 0.0492. The summed E-state index contributed by atoms with van der Waals surface area (Å²) in [6, 6.07) is -0.820. The third-order valence-electron chi connectivity index (χ3n) is 8.76. The Labute approximate surface area is 276 Å². The molecule has 1 saturated carbocycles. The van der Waals surface area contributed by atoms with Crippen LogP contribution in [0.1, 0.15) is 65.7 Å². The molecule has 2 heterocycles. The summed E-state index contributed by atoms with van der Waals surface area (Å²) < 4.78 is 11.9. The predicted molar refractivity (Wildman–Crippen MR) is 173 cm³/mol. The number of carboxylic acids is 2. The third-order valence-corrected chi connectivity index (χ3v) is 9.45. The molecule has 2 bridgehead atoms. The van der Waals surface area contributed by atoms with Crippen molar-refractivity contribution in [3.63, 3.8) is 0 Å². The summed E-state index contributed by atoms with van der Waals surface area (Å²) in [6.07, 6.45) is 10.7. The standard InChI is InChI=1S/C25H28N2O7S.C6H14N4O2/c1-15(19(29)27-22-26-13-14-35-22)5-4-9-23(3)18-8-11-24(21(32)34-23)10-6-17(20(30)31)7-12-25(18,24)33-16(2)28;7-4(5(11)12)2-1-3-10-6(8)9/h4-6,9,13-14,18H,7-8,10-12H2,1-3H3,(H,30,31)(H,26,27,29);4H,1-3,7H2,(H,11,12)(H4,8,9,10)/b9-4+,15-5+;/t18-,23+,24+,25-;4-/m00/s1. The van der Waals surface area contributed by atoms with Gasteiger partial charge >= 0.3 is 23.9 Å². The van der Waals surface area contributed by atoms with Crippen LogP contribution in [0.2, 0.25) is 0 Å². The highest BCUT2D eigenvalue weighted by atomic mass is 32.1. The molecule has 1 aromatic rings.